The lowest BCUT2D eigenvalue weighted by atomic mass is 10.2. The number of carbonyl (C=O) groups is 1. The highest BCUT2D eigenvalue weighted by Gasteiger charge is 2.14. The first-order chi connectivity index (χ1) is 10.7. The van der Waals surface area contributed by atoms with Gasteiger partial charge < -0.3 is 9.73 Å². The minimum atomic E-state index is -0.217. The largest absolute Gasteiger partial charge is 0.459 e. The van der Waals surface area contributed by atoms with Crippen molar-refractivity contribution in [3.05, 3.63) is 70.3 Å². The second-order valence-electron chi connectivity index (χ2n) is 4.80. The zero-order chi connectivity index (χ0) is 15.4. The van der Waals surface area contributed by atoms with E-state index in [1.165, 1.54) is 11.8 Å². The number of para-hydroxylation sites is 1. The zero-order valence-electron chi connectivity index (χ0n) is 12.0. The van der Waals surface area contributed by atoms with E-state index < -0.39 is 0 Å². The number of thioether (sulfide) groups is 1. The minimum absolute atomic E-state index is 0.217. The molecule has 0 radical (unpaired) electrons. The summed E-state index contributed by atoms with van der Waals surface area (Å²) in [4.78, 5) is 13.3. The quantitative estimate of drug-likeness (QED) is 0.655. The molecule has 3 rings (SSSR count). The smallest absolute Gasteiger partial charge is 0.291 e. The van der Waals surface area contributed by atoms with Gasteiger partial charge in [0.2, 0.25) is 0 Å². The number of benzene rings is 1. The zero-order valence-corrected chi connectivity index (χ0v) is 13.7. The Morgan fingerprint density at radius 3 is 2.86 bits per heavy atom. The van der Waals surface area contributed by atoms with E-state index in [1.807, 2.05) is 31.2 Å². The summed E-state index contributed by atoms with van der Waals surface area (Å²) >= 11 is 3.40. The number of aryl methyl sites for hydroxylation is 1. The van der Waals surface area contributed by atoms with Gasteiger partial charge in [-0.3, -0.25) is 4.79 Å². The van der Waals surface area contributed by atoms with Crippen LogP contribution in [0.2, 0.25) is 0 Å². The summed E-state index contributed by atoms with van der Waals surface area (Å²) in [5, 5.41) is 7.14. The van der Waals surface area contributed by atoms with Gasteiger partial charge in [0.05, 0.1) is 12.0 Å². The first-order valence-corrected chi connectivity index (χ1v) is 8.75. The van der Waals surface area contributed by atoms with E-state index in [-0.39, 0.29) is 5.91 Å². The van der Waals surface area contributed by atoms with Crippen LogP contribution in [0.3, 0.4) is 0 Å². The molecule has 0 atom stereocenters. The Hall–Kier alpha value is -1.98. The van der Waals surface area contributed by atoms with Crippen LogP contribution in [0.5, 0.6) is 0 Å². The van der Waals surface area contributed by atoms with Gasteiger partial charge in [-0.1, -0.05) is 12.1 Å². The van der Waals surface area contributed by atoms with E-state index >= 15 is 0 Å². The molecule has 22 heavy (non-hydrogen) atoms. The third-order valence-corrected chi connectivity index (χ3v) is 5.05. The lowest BCUT2D eigenvalue weighted by molar-refractivity contribution is 0.0995. The average molecular weight is 329 g/mol. The van der Waals surface area contributed by atoms with E-state index in [2.05, 4.69) is 22.1 Å². The molecule has 0 aliphatic carbocycles. The number of carbonyl (C=O) groups excluding carboxylic acids is 1. The molecular formula is C17H15NO2S2. The maximum atomic E-state index is 12.3. The SMILES string of the molecule is Cc1ccoc1C(=O)Nc1ccccc1SCc1ccsc1. The lowest BCUT2D eigenvalue weighted by Gasteiger charge is -2.09. The van der Waals surface area contributed by atoms with Crippen molar-refractivity contribution in [1.82, 2.24) is 0 Å². The minimum Gasteiger partial charge on any atom is -0.459 e. The van der Waals surface area contributed by atoms with Crippen LogP contribution >= 0.6 is 23.1 Å². The molecule has 2 aromatic heterocycles. The van der Waals surface area contributed by atoms with Crippen molar-refractivity contribution in [2.45, 2.75) is 17.6 Å². The van der Waals surface area contributed by atoms with E-state index in [0.717, 1.165) is 21.9 Å². The number of rotatable bonds is 5. The van der Waals surface area contributed by atoms with Crippen molar-refractivity contribution in [3.63, 3.8) is 0 Å². The molecule has 0 saturated carbocycles. The summed E-state index contributed by atoms with van der Waals surface area (Å²) < 4.78 is 5.24. The molecule has 0 aliphatic rings. The molecule has 1 N–H and O–H groups in total. The first kappa shape index (κ1) is 14.9. The number of anilines is 1. The first-order valence-electron chi connectivity index (χ1n) is 6.82. The summed E-state index contributed by atoms with van der Waals surface area (Å²) in [6, 6.07) is 11.7. The van der Waals surface area contributed by atoms with Gasteiger partial charge in [-0.2, -0.15) is 11.3 Å². The predicted octanol–water partition coefficient (Wildman–Crippen LogP) is 5.19. The molecule has 112 valence electrons. The van der Waals surface area contributed by atoms with E-state index in [4.69, 9.17) is 4.42 Å². The van der Waals surface area contributed by atoms with Crippen LogP contribution in [0.4, 0.5) is 5.69 Å². The summed E-state index contributed by atoms with van der Waals surface area (Å²) in [5.41, 5.74) is 2.93. The van der Waals surface area contributed by atoms with Crippen molar-refractivity contribution >= 4 is 34.7 Å². The van der Waals surface area contributed by atoms with Crippen LogP contribution in [0.1, 0.15) is 21.7 Å². The van der Waals surface area contributed by atoms with Crippen LogP contribution in [-0.2, 0) is 5.75 Å². The van der Waals surface area contributed by atoms with Gasteiger partial charge in [0, 0.05) is 16.2 Å². The fourth-order valence-corrected chi connectivity index (χ4v) is 3.74. The van der Waals surface area contributed by atoms with Crippen LogP contribution in [0, 0.1) is 6.92 Å². The van der Waals surface area contributed by atoms with Crippen LogP contribution in [0.15, 0.2) is 62.7 Å². The maximum Gasteiger partial charge on any atom is 0.291 e. The molecule has 1 amide bonds. The van der Waals surface area contributed by atoms with Gasteiger partial charge >= 0.3 is 0 Å². The molecule has 2 heterocycles. The van der Waals surface area contributed by atoms with Crippen LogP contribution in [-0.4, -0.2) is 5.91 Å². The lowest BCUT2D eigenvalue weighted by Crippen LogP contribution is -2.12. The van der Waals surface area contributed by atoms with Gasteiger partial charge in [0.15, 0.2) is 5.76 Å². The molecule has 3 aromatic rings. The Bertz CT molecular complexity index is 763. The van der Waals surface area contributed by atoms with Crippen molar-refractivity contribution in [1.29, 1.82) is 0 Å². The van der Waals surface area contributed by atoms with Gasteiger partial charge in [-0.05, 0) is 47.5 Å². The number of hydrogen-bond donors (Lipinski definition) is 1. The fraction of sp³-hybridized carbons (Fsp3) is 0.118. The molecular weight excluding hydrogens is 314 g/mol. The molecule has 0 saturated heterocycles. The van der Waals surface area contributed by atoms with E-state index in [9.17, 15) is 4.79 Å². The molecule has 5 heteroatoms. The summed E-state index contributed by atoms with van der Waals surface area (Å²) in [7, 11) is 0. The maximum absolute atomic E-state index is 12.3. The predicted molar refractivity (Wildman–Crippen MR) is 91.7 cm³/mol. The van der Waals surface area contributed by atoms with Crippen molar-refractivity contribution in [2.24, 2.45) is 0 Å². The summed E-state index contributed by atoms with van der Waals surface area (Å²) in [5.74, 6) is 1.03. The monoisotopic (exact) mass is 329 g/mol. The Morgan fingerprint density at radius 1 is 1.27 bits per heavy atom. The number of amides is 1. The average Bonchev–Trinajstić information content (AvgIpc) is 3.17. The topological polar surface area (TPSA) is 42.2 Å². The van der Waals surface area contributed by atoms with E-state index in [1.54, 1.807) is 29.2 Å². The van der Waals surface area contributed by atoms with Crippen LogP contribution < -0.4 is 5.32 Å². The number of thiophene rings is 1. The molecule has 1 aromatic carbocycles. The summed E-state index contributed by atoms with van der Waals surface area (Å²) in [6.07, 6.45) is 1.53. The third kappa shape index (κ3) is 3.43. The highest BCUT2D eigenvalue weighted by Crippen LogP contribution is 2.30. The standard InChI is InChI=1S/C17H15NO2S2/c1-12-6-8-20-16(12)17(19)18-14-4-2-3-5-15(14)22-11-13-7-9-21-10-13/h2-10H,11H2,1H3,(H,18,19). The van der Waals surface area contributed by atoms with E-state index in [0.29, 0.717) is 5.76 Å². The number of nitrogens with one attached hydrogen (secondary N) is 1. The Kier molecular flexibility index (Phi) is 4.65. The Labute approximate surface area is 137 Å². The molecule has 0 fully saturated rings. The van der Waals surface area contributed by atoms with Crippen molar-refractivity contribution in [3.8, 4) is 0 Å². The second-order valence-corrected chi connectivity index (χ2v) is 6.60. The molecule has 0 spiro atoms. The van der Waals surface area contributed by atoms with Gasteiger partial charge in [-0.25, -0.2) is 0 Å². The number of furan rings is 1. The van der Waals surface area contributed by atoms with Crippen LogP contribution in [0.25, 0.3) is 0 Å². The molecule has 0 bridgehead atoms. The molecule has 0 aliphatic heterocycles. The molecule has 3 nitrogen and oxygen atoms in total. The third-order valence-electron chi connectivity index (χ3n) is 3.18. The number of hydrogen-bond acceptors (Lipinski definition) is 4. The summed E-state index contributed by atoms with van der Waals surface area (Å²) in [6.45, 7) is 1.86. The van der Waals surface area contributed by atoms with Gasteiger partial charge in [-0.15, -0.1) is 11.8 Å². The molecule has 0 unspecified atom stereocenters. The van der Waals surface area contributed by atoms with Crippen molar-refractivity contribution in [2.75, 3.05) is 5.32 Å². The fourth-order valence-electron chi connectivity index (χ4n) is 2.02. The Balaban J connectivity index is 1.73. The van der Waals surface area contributed by atoms with Crippen molar-refractivity contribution < 1.29 is 9.21 Å². The highest BCUT2D eigenvalue weighted by molar-refractivity contribution is 7.98. The normalized spacial score (nSPS) is 10.6. The van der Waals surface area contributed by atoms with Gasteiger partial charge in [0.25, 0.3) is 5.91 Å². The Morgan fingerprint density at radius 2 is 2.14 bits per heavy atom. The van der Waals surface area contributed by atoms with Gasteiger partial charge in [0.1, 0.15) is 0 Å². The highest BCUT2D eigenvalue weighted by atomic mass is 32.2. The second kappa shape index (κ2) is 6.85.